The van der Waals surface area contributed by atoms with E-state index in [1.54, 1.807) is 19.0 Å². The Labute approximate surface area is 138 Å². The molecule has 8 heteroatoms. The lowest BCUT2D eigenvalue weighted by atomic mass is 10.2. The van der Waals surface area contributed by atoms with Crippen LogP contribution in [0.4, 0.5) is 0 Å². The largest absolute Gasteiger partial charge is 0.367 e. The van der Waals surface area contributed by atoms with Crippen LogP contribution < -0.4 is 5.43 Å². The smallest absolute Gasteiger partial charge is 0.329 e. The molecule has 0 atom stereocenters. The van der Waals surface area contributed by atoms with Gasteiger partial charge in [0.15, 0.2) is 0 Å². The Kier molecular flexibility index (Phi) is 4.37. The second-order valence-corrected chi connectivity index (χ2v) is 5.21. The summed E-state index contributed by atoms with van der Waals surface area (Å²) in [4.78, 5) is 17.7. The fraction of sp³-hybridized carbons (Fsp3) is 0.125. The maximum Gasteiger partial charge on any atom is 0.329 e. The molecule has 1 aromatic carbocycles. The minimum atomic E-state index is -0.562. The van der Waals surface area contributed by atoms with Crippen LogP contribution in [0.1, 0.15) is 10.7 Å². The molecule has 0 saturated carbocycles. The highest BCUT2D eigenvalue weighted by molar-refractivity contribution is 5.90. The number of carbonyl (C=O) groups is 1. The van der Waals surface area contributed by atoms with Crippen molar-refractivity contribution >= 4 is 12.2 Å². The summed E-state index contributed by atoms with van der Waals surface area (Å²) in [5.74, 6) is -0.369. The normalized spacial score (nSPS) is 10.9. The fourth-order valence-corrected chi connectivity index (χ4v) is 2.00. The highest BCUT2D eigenvalue weighted by atomic mass is 16.5. The molecule has 0 unspecified atom stereocenters. The van der Waals surface area contributed by atoms with Crippen molar-refractivity contribution in [2.75, 3.05) is 14.1 Å². The zero-order valence-electron chi connectivity index (χ0n) is 13.2. The summed E-state index contributed by atoms with van der Waals surface area (Å²) in [7, 11) is 3.58. The molecule has 24 heavy (non-hydrogen) atoms. The Morgan fingerprint density at radius 2 is 2.08 bits per heavy atom. The van der Waals surface area contributed by atoms with Crippen molar-refractivity contribution in [3.63, 3.8) is 0 Å². The number of benzene rings is 1. The molecule has 0 aliphatic carbocycles. The quantitative estimate of drug-likeness (QED) is 0.439. The van der Waals surface area contributed by atoms with Crippen LogP contribution in [0.15, 0.2) is 58.4 Å². The number of hydrogen-bond acceptors (Lipinski definition) is 5. The number of carbonyl (C=O) groups excluding carboxylic acids is 1. The first kappa shape index (κ1) is 15.5. The van der Waals surface area contributed by atoms with Crippen molar-refractivity contribution in [2.45, 2.75) is 0 Å². The van der Waals surface area contributed by atoms with E-state index >= 15 is 0 Å². The SMILES string of the molecule is CN(C)C=NNC(=O)c1nc(-c2cccc(-n3cccc3)c2)no1. The van der Waals surface area contributed by atoms with Crippen LogP contribution in [0.5, 0.6) is 0 Å². The van der Waals surface area contributed by atoms with Gasteiger partial charge in [0.05, 0.1) is 0 Å². The summed E-state index contributed by atoms with van der Waals surface area (Å²) in [6, 6.07) is 11.5. The van der Waals surface area contributed by atoms with Crippen molar-refractivity contribution in [2.24, 2.45) is 5.10 Å². The van der Waals surface area contributed by atoms with Crippen LogP contribution in [-0.4, -0.2) is 45.9 Å². The molecule has 0 bridgehead atoms. The lowest BCUT2D eigenvalue weighted by molar-refractivity contribution is 0.0911. The van der Waals surface area contributed by atoms with Gasteiger partial charge in [-0.25, -0.2) is 5.43 Å². The summed E-state index contributed by atoms with van der Waals surface area (Å²) in [5.41, 5.74) is 4.03. The number of nitrogens with zero attached hydrogens (tertiary/aromatic N) is 5. The Bertz CT molecular complexity index is 851. The summed E-state index contributed by atoms with van der Waals surface area (Å²) in [6.07, 6.45) is 5.34. The number of rotatable bonds is 5. The Morgan fingerprint density at radius 1 is 1.29 bits per heavy atom. The molecule has 2 aromatic heterocycles. The number of hydrogen-bond donors (Lipinski definition) is 1. The van der Waals surface area contributed by atoms with Crippen LogP contribution >= 0.6 is 0 Å². The molecule has 1 N–H and O–H groups in total. The van der Waals surface area contributed by atoms with Gasteiger partial charge in [0.1, 0.15) is 6.34 Å². The monoisotopic (exact) mass is 324 g/mol. The van der Waals surface area contributed by atoms with E-state index in [-0.39, 0.29) is 5.89 Å². The first-order valence-electron chi connectivity index (χ1n) is 7.21. The maximum absolute atomic E-state index is 11.9. The number of aromatic nitrogens is 3. The molecule has 0 spiro atoms. The van der Waals surface area contributed by atoms with Gasteiger partial charge in [-0.15, -0.1) is 0 Å². The maximum atomic E-state index is 11.9. The van der Waals surface area contributed by atoms with E-state index in [1.807, 2.05) is 53.4 Å². The molecule has 0 saturated heterocycles. The Hall–Kier alpha value is -3.42. The molecule has 1 amide bonds. The van der Waals surface area contributed by atoms with E-state index in [4.69, 9.17) is 4.52 Å². The molecule has 0 aliphatic rings. The lowest BCUT2D eigenvalue weighted by Crippen LogP contribution is -2.20. The third kappa shape index (κ3) is 3.49. The highest BCUT2D eigenvalue weighted by Crippen LogP contribution is 2.19. The lowest BCUT2D eigenvalue weighted by Gasteiger charge is -2.03. The van der Waals surface area contributed by atoms with Crippen molar-refractivity contribution in [1.82, 2.24) is 25.0 Å². The van der Waals surface area contributed by atoms with Gasteiger partial charge in [-0.05, 0) is 24.3 Å². The third-order valence-electron chi connectivity index (χ3n) is 3.08. The van der Waals surface area contributed by atoms with E-state index < -0.39 is 5.91 Å². The van der Waals surface area contributed by atoms with Crippen molar-refractivity contribution in [1.29, 1.82) is 0 Å². The van der Waals surface area contributed by atoms with Crippen molar-refractivity contribution < 1.29 is 9.32 Å². The number of nitrogens with one attached hydrogen (secondary N) is 1. The van der Waals surface area contributed by atoms with E-state index in [0.29, 0.717) is 5.82 Å². The molecule has 0 aliphatic heterocycles. The highest BCUT2D eigenvalue weighted by Gasteiger charge is 2.16. The number of hydrazone groups is 1. The predicted octanol–water partition coefficient (Wildman–Crippen LogP) is 1.76. The summed E-state index contributed by atoms with van der Waals surface area (Å²) in [5, 5.41) is 7.60. The van der Waals surface area contributed by atoms with E-state index in [2.05, 4.69) is 20.7 Å². The van der Waals surface area contributed by atoms with Crippen LogP contribution in [0.25, 0.3) is 17.1 Å². The fourth-order valence-electron chi connectivity index (χ4n) is 2.00. The van der Waals surface area contributed by atoms with Crippen LogP contribution in [0.2, 0.25) is 0 Å². The van der Waals surface area contributed by atoms with Gasteiger partial charge in [0, 0.05) is 37.7 Å². The molecule has 3 aromatic rings. The van der Waals surface area contributed by atoms with Gasteiger partial charge in [-0.3, -0.25) is 4.79 Å². The van der Waals surface area contributed by atoms with Gasteiger partial charge in [0.25, 0.3) is 0 Å². The van der Waals surface area contributed by atoms with Gasteiger partial charge < -0.3 is 14.0 Å². The summed E-state index contributed by atoms with van der Waals surface area (Å²) in [6.45, 7) is 0. The molecular formula is C16H16N6O2. The average molecular weight is 324 g/mol. The molecule has 0 fully saturated rings. The molecule has 3 rings (SSSR count). The third-order valence-corrected chi connectivity index (χ3v) is 3.08. The average Bonchev–Trinajstić information content (AvgIpc) is 3.26. The minimum Gasteiger partial charge on any atom is -0.367 e. The zero-order chi connectivity index (χ0) is 16.9. The van der Waals surface area contributed by atoms with Gasteiger partial charge >= 0.3 is 11.8 Å². The second kappa shape index (κ2) is 6.78. The van der Waals surface area contributed by atoms with Crippen LogP contribution in [0.3, 0.4) is 0 Å². The van der Waals surface area contributed by atoms with Crippen molar-refractivity contribution in [3.05, 3.63) is 54.7 Å². The topological polar surface area (TPSA) is 88.5 Å². The van der Waals surface area contributed by atoms with Crippen molar-refractivity contribution in [3.8, 4) is 17.1 Å². The standard InChI is InChI=1S/C16H16N6O2/c1-21(2)11-17-19-15(23)16-18-14(20-24-16)12-6-5-7-13(10-12)22-8-3-4-9-22/h3-11H,1-2H3,(H,19,23). The van der Waals surface area contributed by atoms with E-state index in [9.17, 15) is 4.79 Å². The van der Waals surface area contributed by atoms with Crippen LogP contribution in [0, 0.1) is 0 Å². The first-order valence-corrected chi connectivity index (χ1v) is 7.21. The number of amides is 1. The first-order chi connectivity index (χ1) is 11.6. The van der Waals surface area contributed by atoms with Gasteiger partial charge in [-0.1, -0.05) is 17.3 Å². The molecular weight excluding hydrogens is 308 g/mol. The molecule has 0 radical (unpaired) electrons. The molecule has 2 heterocycles. The van der Waals surface area contributed by atoms with E-state index in [0.717, 1.165) is 11.3 Å². The Balaban J connectivity index is 1.78. The molecule has 122 valence electrons. The summed E-state index contributed by atoms with van der Waals surface area (Å²) < 4.78 is 6.97. The minimum absolute atomic E-state index is 0.146. The molecule has 8 nitrogen and oxygen atoms in total. The summed E-state index contributed by atoms with van der Waals surface area (Å²) >= 11 is 0. The van der Waals surface area contributed by atoms with Gasteiger partial charge in [-0.2, -0.15) is 10.1 Å². The van der Waals surface area contributed by atoms with Gasteiger partial charge in [0.2, 0.25) is 5.82 Å². The predicted molar refractivity (Wildman–Crippen MR) is 88.7 cm³/mol. The van der Waals surface area contributed by atoms with E-state index in [1.165, 1.54) is 6.34 Å². The second-order valence-electron chi connectivity index (χ2n) is 5.21. The zero-order valence-corrected chi connectivity index (χ0v) is 13.2. The Morgan fingerprint density at radius 3 is 2.83 bits per heavy atom. The van der Waals surface area contributed by atoms with Crippen LogP contribution in [-0.2, 0) is 0 Å².